The molecular formula is C16H25NO3S. The molecule has 0 heterocycles. The van der Waals surface area contributed by atoms with E-state index < -0.39 is 10.0 Å². The molecule has 0 bridgehead atoms. The summed E-state index contributed by atoms with van der Waals surface area (Å²) in [6.07, 6.45) is 7.03. The van der Waals surface area contributed by atoms with E-state index >= 15 is 0 Å². The van der Waals surface area contributed by atoms with E-state index in [2.05, 4.69) is 4.72 Å². The summed E-state index contributed by atoms with van der Waals surface area (Å²) in [5.74, 6) is 0.530. The second kappa shape index (κ2) is 7.80. The number of benzene rings is 1. The highest BCUT2D eigenvalue weighted by molar-refractivity contribution is 7.92. The van der Waals surface area contributed by atoms with Gasteiger partial charge in [0.05, 0.1) is 5.75 Å². The smallest absolute Gasteiger partial charge is 0.232 e. The molecule has 1 aliphatic rings. The van der Waals surface area contributed by atoms with E-state index in [1.54, 1.807) is 6.07 Å². The Kier molecular flexibility index (Phi) is 6.06. The topological polar surface area (TPSA) is 66.4 Å². The minimum absolute atomic E-state index is 0.150. The van der Waals surface area contributed by atoms with Crippen LogP contribution in [0.5, 0.6) is 0 Å². The number of aryl methyl sites for hydroxylation is 1. The predicted octanol–water partition coefficient (Wildman–Crippen LogP) is 2.93. The fraction of sp³-hybridized carbons (Fsp3) is 0.625. The van der Waals surface area contributed by atoms with Gasteiger partial charge in [-0.2, -0.15) is 0 Å². The largest absolute Gasteiger partial charge is 0.396 e. The van der Waals surface area contributed by atoms with Gasteiger partial charge < -0.3 is 5.11 Å². The number of hydrogen-bond donors (Lipinski definition) is 2. The fourth-order valence-electron chi connectivity index (χ4n) is 2.96. The van der Waals surface area contributed by atoms with Crippen LogP contribution in [0.2, 0.25) is 0 Å². The number of hydrogen-bond acceptors (Lipinski definition) is 3. The summed E-state index contributed by atoms with van der Waals surface area (Å²) in [6, 6.07) is 7.44. The Morgan fingerprint density at radius 2 is 1.95 bits per heavy atom. The van der Waals surface area contributed by atoms with Crippen LogP contribution >= 0.6 is 0 Å². The maximum Gasteiger partial charge on any atom is 0.232 e. The maximum absolute atomic E-state index is 12.2. The molecule has 5 heteroatoms. The minimum Gasteiger partial charge on any atom is -0.396 e. The molecule has 118 valence electrons. The third kappa shape index (κ3) is 5.67. The van der Waals surface area contributed by atoms with Gasteiger partial charge in [0.1, 0.15) is 0 Å². The maximum atomic E-state index is 12.2. The van der Waals surface area contributed by atoms with Gasteiger partial charge in [0, 0.05) is 12.3 Å². The standard InChI is InChI=1S/C16H25NO3S/c18-11-5-9-14-8-4-10-16(12-14)17-21(19,20)13-15-6-2-1-3-7-15/h4,8,10,12,15,17-18H,1-3,5-7,9,11,13H2. The van der Waals surface area contributed by atoms with Gasteiger partial charge in [-0.15, -0.1) is 0 Å². The Morgan fingerprint density at radius 3 is 2.67 bits per heavy atom. The van der Waals surface area contributed by atoms with Crippen LogP contribution in [-0.4, -0.2) is 25.9 Å². The average molecular weight is 311 g/mol. The normalized spacial score (nSPS) is 16.8. The number of aliphatic hydroxyl groups excluding tert-OH is 1. The zero-order chi connectivity index (χ0) is 15.1. The highest BCUT2D eigenvalue weighted by Gasteiger charge is 2.21. The van der Waals surface area contributed by atoms with E-state index in [1.165, 1.54) is 6.42 Å². The summed E-state index contributed by atoms with van der Waals surface area (Å²) < 4.78 is 27.2. The number of anilines is 1. The predicted molar refractivity (Wildman–Crippen MR) is 85.8 cm³/mol. The van der Waals surface area contributed by atoms with Crippen LogP contribution in [0.4, 0.5) is 5.69 Å². The Hall–Kier alpha value is -1.07. The van der Waals surface area contributed by atoms with E-state index in [4.69, 9.17) is 5.11 Å². The molecule has 0 amide bonds. The van der Waals surface area contributed by atoms with Crippen molar-refractivity contribution in [1.82, 2.24) is 0 Å². The van der Waals surface area contributed by atoms with Crippen molar-refractivity contribution in [3.8, 4) is 0 Å². The second-order valence-corrected chi connectivity index (χ2v) is 7.68. The lowest BCUT2D eigenvalue weighted by Gasteiger charge is -2.21. The molecule has 4 nitrogen and oxygen atoms in total. The third-order valence-corrected chi connectivity index (χ3v) is 5.46. The number of nitrogens with one attached hydrogen (secondary N) is 1. The van der Waals surface area contributed by atoms with Crippen molar-refractivity contribution in [2.75, 3.05) is 17.1 Å². The minimum atomic E-state index is -3.27. The van der Waals surface area contributed by atoms with Crippen molar-refractivity contribution in [2.45, 2.75) is 44.9 Å². The number of sulfonamides is 1. The van der Waals surface area contributed by atoms with Gasteiger partial charge in [0.2, 0.25) is 10.0 Å². The van der Waals surface area contributed by atoms with Gasteiger partial charge in [0.15, 0.2) is 0 Å². The molecule has 0 spiro atoms. The van der Waals surface area contributed by atoms with Crippen molar-refractivity contribution >= 4 is 15.7 Å². The lowest BCUT2D eigenvalue weighted by atomic mass is 9.91. The molecule has 0 aliphatic heterocycles. The highest BCUT2D eigenvalue weighted by Crippen LogP contribution is 2.25. The summed E-state index contributed by atoms with van der Waals surface area (Å²) in [5, 5.41) is 8.85. The van der Waals surface area contributed by atoms with Gasteiger partial charge in [-0.3, -0.25) is 4.72 Å². The molecule has 2 rings (SSSR count). The van der Waals surface area contributed by atoms with Crippen LogP contribution in [0, 0.1) is 5.92 Å². The van der Waals surface area contributed by atoms with E-state index in [0.717, 1.165) is 37.7 Å². The summed E-state index contributed by atoms with van der Waals surface area (Å²) in [5.41, 5.74) is 1.67. The molecule has 0 aromatic heterocycles. The van der Waals surface area contributed by atoms with Crippen molar-refractivity contribution in [2.24, 2.45) is 5.92 Å². The molecule has 1 aromatic carbocycles. The Balaban J connectivity index is 1.95. The molecular weight excluding hydrogens is 286 g/mol. The zero-order valence-corrected chi connectivity index (χ0v) is 13.2. The first-order chi connectivity index (χ1) is 10.1. The second-order valence-electron chi connectivity index (χ2n) is 5.92. The SMILES string of the molecule is O=S(=O)(CC1CCCCC1)Nc1cccc(CCCO)c1. The van der Waals surface area contributed by atoms with Gasteiger partial charge in [-0.25, -0.2) is 8.42 Å². The molecule has 1 aliphatic carbocycles. The van der Waals surface area contributed by atoms with Crippen molar-refractivity contribution in [1.29, 1.82) is 0 Å². The van der Waals surface area contributed by atoms with Crippen molar-refractivity contribution in [3.63, 3.8) is 0 Å². The molecule has 21 heavy (non-hydrogen) atoms. The number of aliphatic hydroxyl groups is 1. The van der Waals surface area contributed by atoms with Gasteiger partial charge in [-0.1, -0.05) is 31.4 Å². The molecule has 1 fully saturated rings. The van der Waals surface area contributed by atoms with E-state index in [9.17, 15) is 8.42 Å². The van der Waals surface area contributed by atoms with E-state index in [-0.39, 0.29) is 12.4 Å². The molecule has 0 atom stereocenters. The molecule has 0 radical (unpaired) electrons. The number of rotatable bonds is 7. The van der Waals surface area contributed by atoms with Crippen LogP contribution < -0.4 is 4.72 Å². The molecule has 2 N–H and O–H groups in total. The zero-order valence-electron chi connectivity index (χ0n) is 12.4. The summed E-state index contributed by atoms with van der Waals surface area (Å²) in [4.78, 5) is 0. The molecule has 0 unspecified atom stereocenters. The first kappa shape index (κ1) is 16.3. The fourth-order valence-corrected chi connectivity index (χ4v) is 4.48. The molecule has 1 aromatic rings. The van der Waals surface area contributed by atoms with Crippen molar-refractivity contribution < 1.29 is 13.5 Å². The lowest BCUT2D eigenvalue weighted by molar-refractivity contribution is 0.288. The molecule has 1 saturated carbocycles. The van der Waals surface area contributed by atoms with Crippen molar-refractivity contribution in [3.05, 3.63) is 29.8 Å². The molecule has 0 saturated heterocycles. The average Bonchev–Trinajstić information content (AvgIpc) is 2.45. The highest BCUT2D eigenvalue weighted by atomic mass is 32.2. The van der Waals surface area contributed by atoms with Gasteiger partial charge in [0.25, 0.3) is 0 Å². The Bertz CT molecular complexity index is 536. The summed E-state index contributed by atoms with van der Waals surface area (Å²) in [7, 11) is -3.27. The third-order valence-electron chi connectivity index (χ3n) is 4.00. The van der Waals surface area contributed by atoms with Crippen LogP contribution in [-0.2, 0) is 16.4 Å². The van der Waals surface area contributed by atoms with Crippen LogP contribution in [0.1, 0.15) is 44.1 Å². The van der Waals surface area contributed by atoms with Crippen LogP contribution in [0.15, 0.2) is 24.3 Å². The van der Waals surface area contributed by atoms with E-state index in [0.29, 0.717) is 18.0 Å². The summed E-state index contributed by atoms with van der Waals surface area (Å²) >= 11 is 0. The Labute approximate surface area is 127 Å². The first-order valence-corrected chi connectivity index (χ1v) is 9.44. The quantitative estimate of drug-likeness (QED) is 0.813. The van der Waals surface area contributed by atoms with Gasteiger partial charge >= 0.3 is 0 Å². The first-order valence-electron chi connectivity index (χ1n) is 7.79. The van der Waals surface area contributed by atoms with Crippen LogP contribution in [0.25, 0.3) is 0 Å². The Morgan fingerprint density at radius 1 is 1.19 bits per heavy atom. The summed E-state index contributed by atoms with van der Waals surface area (Å²) in [6.45, 7) is 0.150. The van der Waals surface area contributed by atoms with Gasteiger partial charge in [-0.05, 0) is 49.3 Å². The lowest BCUT2D eigenvalue weighted by Crippen LogP contribution is -2.24. The monoisotopic (exact) mass is 311 g/mol. The van der Waals surface area contributed by atoms with Crippen LogP contribution in [0.3, 0.4) is 0 Å². The van der Waals surface area contributed by atoms with E-state index in [1.807, 2.05) is 18.2 Å².